The number of hydrogen-bond donors (Lipinski definition) is 4. The number of aromatic hydroxyl groups is 1. The lowest BCUT2D eigenvalue weighted by Gasteiger charge is -2.07. The second kappa shape index (κ2) is 4.68. The molecule has 0 aliphatic heterocycles. The van der Waals surface area contributed by atoms with Crippen LogP contribution < -0.4 is 0 Å². The summed E-state index contributed by atoms with van der Waals surface area (Å²) < 4.78 is 0. The van der Waals surface area contributed by atoms with Crippen molar-refractivity contribution in [3.63, 3.8) is 0 Å². The van der Waals surface area contributed by atoms with Crippen molar-refractivity contribution in [2.75, 3.05) is 0 Å². The van der Waals surface area contributed by atoms with Gasteiger partial charge in [-0.1, -0.05) is 30.3 Å². The molecule has 2 aromatic heterocycles. The summed E-state index contributed by atoms with van der Waals surface area (Å²) in [5.41, 5.74) is 7.87. The number of aliphatic hydroxyl groups is 1. The van der Waals surface area contributed by atoms with E-state index >= 15 is 0 Å². The van der Waals surface area contributed by atoms with Gasteiger partial charge < -0.3 is 20.2 Å². The number of benzene rings is 3. The molecule has 1 aliphatic rings. The predicted molar refractivity (Wildman–Crippen MR) is 103 cm³/mol. The minimum absolute atomic E-state index is 0.0144. The second-order valence-corrected chi connectivity index (χ2v) is 7.03. The summed E-state index contributed by atoms with van der Waals surface area (Å²) in [7, 11) is 0. The predicted octanol–water partition coefficient (Wildman–Crippen LogP) is 4.57. The molecule has 4 nitrogen and oxygen atoms in total. The lowest BCUT2D eigenvalue weighted by Crippen LogP contribution is -1.85. The quantitative estimate of drug-likeness (QED) is 0.354. The van der Waals surface area contributed by atoms with Crippen molar-refractivity contribution < 1.29 is 10.2 Å². The molecule has 0 bridgehead atoms. The average Bonchev–Trinajstić information content (AvgIpc) is 3.33. The van der Waals surface area contributed by atoms with Gasteiger partial charge in [0.05, 0.1) is 17.5 Å². The highest BCUT2D eigenvalue weighted by Crippen LogP contribution is 2.49. The highest BCUT2D eigenvalue weighted by atomic mass is 16.3. The molecule has 0 radical (unpaired) electrons. The summed E-state index contributed by atoms with van der Waals surface area (Å²) in [5, 5.41) is 24.2. The summed E-state index contributed by atoms with van der Waals surface area (Å²) >= 11 is 0. The molecule has 0 atom stereocenters. The van der Waals surface area contributed by atoms with Crippen molar-refractivity contribution >= 4 is 32.6 Å². The number of aromatic nitrogens is 2. The summed E-state index contributed by atoms with van der Waals surface area (Å²) in [5.74, 6) is 0.211. The lowest BCUT2D eigenvalue weighted by molar-refractivity contribution is 0.282. The van der Waals surface area contributed by atoms with Gasteiger partial charge in [0.2, 0.25) is 0 Å². The lowest BCUT2D eigenvalue weighted by atomic mass is 9.96. The van der Waals surface area contributed by atoms with Crippen molar-refractivity contribution in [2.45, 2.75) is 13.0 Å². The molecule has 0 amide bonds. The fourth-order valence-corrected chi connectivity index (χ4v) is 4.56. The minimum atomic E-state index is 0.0144. The molecule has 0 saturated carbocycles. The van der Waals surface area contributed by atoms with Crippen molar-refractivity contribution in [1.29, 1.82) is 0 Å². The Labute approximate surface area is 148 Å². The number of H-pyrrole nitrogens is 2. The van der Waals surface area contributed by atoms with E-state index in [4.69, 9.17) is 0 Å². The standard InChI is InChI=1S/C22H16N2O2/c25-10-11-5-6-17-14(7-11)19-16-9-23-22(26)20(16)18-13-4-2-1-3-12(13)8-15(18)21(19)24-17/h1-7,9,23-26H,8,10H2. The van der Waals surface area contributed by atoms with Crippen LogP contribution in [0.25, 0.3) is 43.7 Å². The Morgan fingerprint density at radius 3 is 2.77 bits per heavy atom. The van der Waals surface area contributed by atoms with E-state index in [9.17, 15) is 10.2 Å². The summed E-state index contributed by atoms with van der Waals surface area (Å²) in [4.78, 5) is 6.59. The van der Waals surface area contributed by atoms with Gasteiger partial charge >= 0.3 is 0 Å². The van der Waals surface area contributed by atoms with E-state index in [1.807, 2.05) is 30.5 Å². The Bertz CT molecular complexity index is 1360. The smallest absolute Gasteiger partial charge is 0.197 e. The second-order valence-electron chi connectivity index (χ2n) is 7.03. The van der Waals surface area contributed by atoms with Crippen LogP contribution in [0.4, 0.5) is 0 Å². The van der Waals surface area contributed by atoms with E-state index in [-0.39, 0.29) is 12.5 Å². The maximum Gasteiger partial charge on any atom is 0.197 e. The number of hydrogen-bond acceptors (Lipinski definition) is 2. The normalized spacial score (nSPS) is 13.0. The molecule has 1 aliphatic carbocycles. The van der Waals surface area contributed by atoms with Crippen LogP contribution in [0.3, 0.4) is 0 Å². The topological polar surface area (TPSA) is 72.0 Å². The van der Waals surface area contributed by atoms with Crippen LogP contribution in [0.2, 0.25) is 0 Å². The van der Waals surface area contributed by atoms with Crippen LogP contribution in [0.1, 0.15) is 16.7 Å². The maximum atomic E-state index is 10.6. The summed E-state index contributed by atoms with van der Waals surface area (Å²) in [6, 6.07) is 14.4. The van der Waals surface area contributed by atoms with E-state index in [1.165, 1.54) is 16.7 Å². The van der Waals surface area contributed by atoms with Crippen LogP contribution in [0, 0.1) is 0 Å². The molecule has 5 aromatic rings. The fourth-order valence-electron chi connectivity index (χ4n) is 4.56. The van der Waals surface area contributed by atoms with E-state index in [0.29, 0.717) is 0 Å². The van der Waals surface area contributed by atoms with Gasteiger partial charge in [0, 0.05) is 39.9 Å². The molecule has 0 fully saturated rings. The molecule has 0 saturated heterocycles. The van der Waals surface area contributed by atoms with Crippen LogP contribution in [-0.2, 0) is 13.0 Å². The van der Waals surface area contributed by atoms with E-state index in [0.717, 1.165) is 50.1 Å². The van der Waals surface area contributed by atoms with Crippen LogP contribution in [0.15, 0.2) is 48.7 Å². The first kappa shape index (κ1) is 14.0. The van der Waals surface area contributed by atoms with Gasteiger partial charge in [0.15, 0.2) is 5.88 Å². The van der Waals surface area contributed by atoms with Crippen LogP contribution in [-0.4, -0.2) is 20.2 Å². The molecular formula is C22H16N2O2. The van der Waals surface area contributed by atoms with Crippen LogP contribution >= 0.6 is 0 Å². The number of fused-ring (bicyclic) bond motifs is 10. The van der Waals surface area contributed by atoms with Crippen LogP contribution in [0.5, 0.6) is 5.88 Å². The molecular weight excluding hydrogens is 324 g/mol. The molecule has 2 heterocycles. The van der Waals surface area contributed by atoms with Gasteiger partial charge in [-0.2, -0.15) is 0 Å². The van der Waals surface area contributed by atoms with Crippen molar-refractivity contribution in [3.05, 3.63) is 65.4 Å². The number of nitrogens with one attached hydrogen (secondary N) is 2. The zero-order valence-electron chi connectivity index (χ0n) is 13.9. The number of rotatable bonds is 1. The molecule has 4 N–H and O–H groups in total. The van der Waals surface area contributed by atoms with E-state index < -0.39 is 0 Å². The average molecular weight is 340 g/mol. The molecule has 126 valence electrons. The Hall–Kier alpha value is -3.24. The monoisotopic (exact) mass is 340 g/mol. The van der Waals surface area contributed by atoms with Crippen molar-refractivity contribution in [1.82, 2.24) is 9.97 Å². The van der Waals surface area contributed by atoms with E-state index in [1.54, 1.807) is 0 Å². The Kier molecular flexibility index (Phi) is 2.52. The molecule has 3 aromatic carbocycles. The molecule has 6 rings (SSSR count). The minimum Gasteiger partial charge on any atom is -0.494 e. The first-order chi connectivity index (χ1) is 12.8. The fraction of sp³-hybridized carbons (Fsp3) is 0.0909. The summed E-state index contributed by atoms with van der Waals surface area (Å²) in [6.07, 6.45) is 2.73. The third kappa shape index (κ3) is 1.57. The van der Waals surface area contributed by atoms with Gasteiger partial charge in [-0.15, -0.1) is 0 Å². The molecule has 0 spiro atoms. The van der Waals surface area contributed by atoms with Gasteiger partial charge in [0.1, 0.15) is 0 Å². The van der Waals surface area contributed by atoms with Gasteiger partial charge in [-0.25, -0.2) is 0 Å². The summed E-state index contributed by atoms with van der Waals surface area (Å²) in [6.45, 7) is 0.0144. The maximum absolute atomic E-state index is 10.6. The van der Waals surface area contributed by atoms with E-state index in [2.05, 4.69) is 28.2 Å². The molecule has 0 unspecified atom stereocenters. The highest BCUT2D eigenvalue weighted by molar-refractivity contribution is 6.26. The Morgan fingerprint density at radius 1 is 1.00 bits per heavy atom. The zero-order chi connectivity index (χ0) is 17.4. The van der Waals surface area contributed by atoms with Gasteiger partial charge in [0.25, 0.3) is 0 Å². The third-order valence-electron chi connectivity index (χ3n) is 5.68. The first-order valence-corrected chi connectivity index (χ1v) is 8.74. The number of aromatic amines is 2. The van der Waals surface area contributed by atoms with Crippen molar-refractivity contribution in [2.24, 2.45) is 0 Å². The Morgan fingerprint density at radius 2 is 1.88 bits per heavy atom. The largest absolute Gasteiger partial charge is 0.494 e. The molecule has 4 heteroatoms. The molecule has 26 heavy (non-hydrogen) atoms. The zero-order valence-corrected chi connectivity index (χ0v) is 13.9. The van der Waals surface area contributed by atoms with Gasteiger partial charge in [-0.3, -0.25) is 0 Å². The third-order valence-corrected chi connectivity index (χ3v) is 5.68. The Balaban J connectivity index is 1.88. The SMILES string of the molecule is OCc1ccc2[nH]c3c4c(c5c(O)[nH]cc5c3c2c1)-c1ccccc1C4. The first-order valence-electron chi connectivity index (χ1n) is 8.74. The number of aliphatic hydroxyl groups excluding tert-OH is 1. The highest BCUT2D eigenvalue weighted by Gasteiger charge is 2.27. The van der Waals surface area contributed by atoms with Crippen molar-refractivity contribution in [3.8, 4) is 17.0 Å². The van der Waals surface area contributed by atoms with Gasteiger partial charge in [-0.05, 0) is 34.4 Å².